The summed E-state index contributed by atoms with van der Waals surface area (Å²) in [4.78, 5) is 0. The molecule has 1 aromatic heterocycles. The van der Waals surface area contributed by atoms with Crippen LogP contribution < -0.4 is 15.8 Å². The van der Waals surface area contributed by atoms with Crippen LogP contribution in [0.15, 0.2) is 0 Å². The SMILES string of the molecule is Nc1nnc(OC[C@@H]2CCNC2)s1. The minimum atomic E-state index is 0.458. The molecule has 72 valence electrons. The van der Waals surface area contributed by atoms with Gasteiger partial charge in [-0.1, -0.05) is 5.10 Å². The molecular weight excluding hydrogens is 188 g/mol. The number of nitrogens with zero attached hydrogens (tertiary/aromatic N) is 2. The number of nitrogen functional groups attached to an aromatic ring is 1. The Morgan fingerprint density at radius 1 is 1.62 bits per heavy atom. The van der Waals surface area contributed by atoms with E-state index in [0.717, 1.165) is 13.1 Å². The quantitative estimate of drug-likeness (QED) is 0.724. The van der Waals surface area contributed by atoms with Gasteiger partial charge < -0.3 is 15.8 Å². The Morgan fingerprint density at radius 2 is 2.54 bits per heavy atom. The van der Waals surface area contributed by atoms with Gasteiger partial charge >= 0.3 is 0 Å². The van der Waals surface area contributed by atoms with Crippen molar-refractivity contribution in [3.05, 3.63) is 0 Å². The van der Waals surface area contributed by atoms with Gasteiger partial charge in [0.15, 0.2) is 0 Å². The second kappa shape index (κ2) is 3.89. The van der Waals surface area contributed by atoms with Gasteiger partial charge in [0, 0.05) is 12.5 Å². The lowest BCUT2D eigenvalue weighted by molar-refractivity contribution is 0.257. The zero-order valence-electron chi connectivity index (χ0n) is 7.19. The van der Waals surface area contributed by atoms with Gasteiger partial charge in [0.25, 0.3) is 5.19 Å². The zero-order chi connectivity index (χ0) is 9.10. The van der Waals surface area contributed by atoms with Gasteiger partial charge in [-0.25, -0.2) is 0 Å². The highest BCUT2D eigenvalue weighted by Gasteiger charge is 2.15. The van der Waals surface area contributed by atoms with Crippen LogP contribution in [0.2, 0.25) is 0 Å². The molecule has 1 fully saturated rings. The summed E-state index contributed by atoms with van der Waals surface area (Å²) in [5.41, 5.74) is 5.41. The molecule has 1 saturated heterocycles. The Labute approximate surface area is 80.3 Å². The number of rotatable bonds is 3. The summed E-state index contributed by atoms with van der Waals surface area (Å²) in [6.45, 7) is 2.84. The summed E-state index contributed by atoms with van der Waals surface area (Å²) in [5.74, 6) is 0.602. The fourth-order valence-electron chi connectivity index (χ4n) is 1.32. The molecule has 0 unspecified atom stereocenters. The molecule has 0 saturated carbocycles. The van der Waals surface area contributed by atoms with Crippen molar-refractivity contribution in [1.82, 2.24) is 15.5 Å². The average Bonchev–Trinajstić information content (AvgIpc) is 2.71. The van der Waals surface area contributed by atoms with Crippen molar-refractivity contribution in [1.29, 1.82) is 0 Å². The number of hydrogen-bond acceptors (Lipinski definition) is 6. The normalized spacial score (nSPS) is 22.0. The monoisotopic (exact) mass is 200 g/mol. The molecule has 3 N–H and O–H groups in total. The minimum Gasteiger partial charge on any atom is -0.469 e. The van der Waals surface area contributed by atoms with Gasteiger partial charge in [-0.2, -0.15) is 0 Å². The molecule has 1 aliphatic rings. The highest BCUT2D eigenvalue weighted by atomic mass is 32.1. The van der Waals surface area contributed by atoms with Crippen LogP contribution in [0.5, 0.6) is 5.19 Å². The number of nitrogens with one attached hydrogen (secondary N) is 1. The van der Waals surface area contributed by atoms with Crippen LogP contribution in [-0.2, 0) is 0 Å². The van der Waals surface area contributed by atoms with Crippen molar-refractivity contribution in [3.8, 4) is 5.19 Å². The van der Waals surface area contributed by atoms with E-state index in [-0.39, 0.29) is 0 Å². The van der Waals surface area contributed by atoms with Crippen molar-refractivity contribution in [2.45, 2.75) is 6.42 Å². The summed E-state index contributed by atoms with van der Waals surface area (Å²) in [6, 6.07) is 0. The Balaban J connectivity index is 1.78. The van der Waals surface area contributed by atoms with Crippen LogP contribution in [0.3, 0.4) is 0 Å². The van der Waals surface area contributed by atoms with Gasteiger partial charge in [-0.05, 0) is 24.3 Å². The van der Waals surface area contributed by atoms with E-state index in [1.54, 1.807) is 0 Å². The molecule has 5 nitrogen and oxygen atoms in total. The Bertz CT molecular complexity index is 271. The van der Waals surface area contributed by atoms with E-state index in [2.05, 4.69) is 15.5 Å². The largest absolute Gasteiger partial charge is 0.469 e. The molecule has 0 spiro atoms. The van der Waals surface area contributed by atoms with Crippen LogP contribution in [0.4, 0.5) is 5.13 Å². The molecule has 1 aromatic rings. The zero-order valence-corrected chi connectivity index (χ0v) is 8.01. The van der Waals surface area contributed by atoms with E-state index >= 15 is 0 Å². The lowest BCUT2D eigenvalue weighted by atomic mass is 10.1. The predicted octanol–water partition coefficient (Wildman–Crippen LogP) is 0.109. The van der Waals surface area contributed by atoms with Gasteiger partial charge in [-0.15, -0.1) is 5.10 Å². The molecule has 1 aliphatic heterocycles. The molecule has 0 bridgehead atoms. The van der Waals surface area contributed by atoms with Crippen LogP contribution in [0.1, 0.15) is 6.42 Å². The summed E-state index contributed by atoms with van der Waals surface area (Å²) in [6.07, 6.45) is 1.17. The molecule has 1 atom stereocenters. The molecule has 0 amide bonds. The van der Waals surface area contributed by atoms with Crippen molar-refractivity contribution in [2.24, 2.45) is 5.92 Å². The lowest BCUT2D eigenvalue weighted by Crippen LogP contribution is -2.15. The Kier molecular flexibility index (Phi) is 2.60. The van der Waals surface area contributed by atoms with Gasteiger partial charge in [0.2, 0.25) is 5.13 Å². The first-order valence-electron chi connectivity index (χ1n) is 4.27. The van der Waals surface area contributed by atoms with Crippen LogP contribution >= 0.6 is 11.3 Å². The molecule has 0 aromatic carbocycles. The number of aromatic nitrogens is 2. The molecule has 0 radical (unpaired) electrons. The maximum Gasteiger partial charge on any atom is 0.295 e. The molecule has 0 aliphatic carbocycles. The molecule has 6 heteroatoms. The van der Waals surface area contributed by atoms with Crippen molar-refractivity contribution < 1.29 is 4.74 Å². The van der Waals surface area contributed by atoms with Gasteiger partial charge in [-0.3, -0.25) is 0 Å². The molecule has 2 rings (SSSR count). The maximum absolute atomic E-state index is 5.44. The predicted molar refractivity (Wildman–Crippen MR) is 50.8 cm³/mol. The third-order valence-electron chi connectivity index (χ3n) is 2.03. The van der Waals surface area contributed by atoms with Crippen LogP contribution in [0, 0.1) is 5.92 Å². The van der Waals surface area contributed by atoms with E-state index in [1.165, 1.54) is 17.8 Å². The third-order valence-corrected chi connectivity index (χ3v) is 2.69. The van der Waals surface area contributed by atoms with E-state index in [9.17, 15) is 0 Å². The summed E-state index contributed by atoms with van der Waals surface area (Å²) >= 11 is 1.28. The van der Waals surface area contributed by atoms with E-state index in [4.69, 9.17) is 10.5 Å². The third kappa shape index (κ3) is 2.28. The second-order valence-electron chi connectivity index (χ2n) is 3.08. The summed E-state index contributed by atoms with van der Waals surface area (Å²) in [5, 5.41) is 11.8. The van der Waals surface area contributed by atoms with E-state index in [1.807, 2.05) is 0 Å². The topological polar surface area (TPSA) is 73.1 Å². The second-order valence-corrected chi connectivity index (χ2v) is 4.05. The number of nitrogens with two attached hydrogens (primary N) is 1. The average molecular weight is 200 g/mol. The van der Waals surface area contributed by atoms with Gasteiger partial charge in [0.05, 0.1) is 6.61 Å². The van der Waals surface area contributed by atoms with E-state index < -0.39 is 0 Å². The number of anilines is 1. The first kappa shape index (κ1) is 8.71. The fourth-order valence-corrected chi connectivity index (χ4v) is 1.79. The molecular formula is C7H12N4OS. The van der Waals surface area contributed by atoms with Gasteiger partial charge in [0.1, 0.15) is 0 Å². The van der Waals surface area contributed by atoms with E-state index in [0.29, 0.717) is 22.9 Å². The lowest BCUT2D eigenvalue weighted by Gasteiger charge is -2.06. The highest BCUT2D eigenvalue weighted by Crippen LogP contribution is 2.20. The maximum atomic E-state index is 5.44. The number of ether oxygens (including phenoxy) is 1. The Morgan fingerprint density at radius 3 is 3.15 bits per heavy atom. The summed E-state index contributed by atoms with van der Waals surface area (Å²) < 4.78 is 5.44. The first-order chi connectivity index (χ1) is 6.34. The van der Waals surface area contributed by atoms with Crippen molar-refractivity contribution >= 4 is 16.5 Å². The van der Waals surface area contributed by atoms with Crippen LogP contribution in [-0.4, -0.2) is 29.9 Å². The number of hydrogen-bond donors (Lipinski definition) is 2. The fraction of sp³-hybridized carbons (Fsp3) is 0.714. The highest BCUT2D eigenvalue weighted by molar-refractivity contribution is 7.16. The first-order valence-corrected chi connectivity index (χ1v) is 5.09. The smallest absolute Gasteiger partial charge is 0.295 e. The summed E-state index contributed by atoms with van der Waals surface area (Å²) in [7, 11) is 0. The standard InChI is InChI=1S/C7H12N4OS/c8-6-10-11-7(13-6)12-4-5-1-2-9-3-5/h5,9H,1-4H2,(H2,8,10)/t5-/m1/s1. The van der Waals surface area contributed by atoms with Crippen molar-refractivity contribution in [3.63, 3.8) is 0 Å². The molecule has 2 heterocycles. The van der Waals surface area contributed by atoms with Crippen LogP contribution in [0.25, 0.3) is 0 Å². The van der Waals surface area contributed by atoms with Crippen molar-refractivity contribution in [2.75, 3.05) is 25.4 Å². The minimum absolute atomic E-state index is 0.458. The molecule has 13 heavy (non-hydrogen) atoms. The Hall–Kier alpha value is -0.880.